The summed E-state index contributed by atoms with van der Waals surface area (Å²) in [7, 11) is 0. The Hall–Kier alpha value is -2.49. The molecule has 0 spiro atoms. The summed E-state index contributed by atoms with van der Waals surface area (Å²) < 4.78 is 16.9. The number of hydrogen-bond donors (Lipinski definition) is 2. The van der Waals surface area contributed by atoms with E-state index in [0.717, 1.165) is 0 Å². The first-order chi connectivity index (χ1) is 12.1. The zero-order chi connectivity index (χ0) is 17.8. The summed E-state index contributed by atoms with van der Waals surface area (Å²) in [6.45, 7) is 2.51. The Kier molecular flexibility index (Phi) is 5.27. The topological polar surface area (TPSA) is 89.4 Å². The number of ether oxygens (including phenoxy) is 3. The van der Waals surface area contributed by atoms with E-state index in [0.29, 0.717) is 38.6 Å². The highest BCUT2D eigenvalue weighted by atomic mass is 127. The zero-order valence-corrected chi connectivity index (χ0v) is 15.4. The Morgan fingerprint density at radius 3 is 2.84 bits per heavy atom. The zero-order valence-electron chi connectivity index (χ0n) is 13.3. The number of benzene rings is 2. The van der Waals surface area contributed by atoms with Gasteiger partial charge in [-0.15, -0.1) is 0 Å². The quantitative estimate of drug-likeness (QED) is 0.412. The number of carbonyl (C=O) groups is 1. The van der Waals surface area contributed by atoms with E-state index >= 15 is 0 Å². The van der Waals surface area contributed by atoms with Crippen LogP contribution in [0.3, 0.4) is 0 Å². The van der Waals surface area contributed by atoms with Gasteiger partial charge in [0.25, 0.3) is 5.91 Å². The molecule has 0 saturated heterocycles. The lowest BCUT2D eigenvalue weighted by Crippen LogP contribution is -2.17. The van der Waals surface area contributed by atoms with E-state index in [-0.39, 0.29) is 12.5 Å². The van der Waals surface area contributed by atoms with E-state index in [1.807, 2.05) is 29.5 Å². The molecule has 2 aromatic carbocycles. The fraction of sp³-hybridized carbons (Fsp3) is 0.176. The summed E-state index contributed by atoms with van der Waals surface area (Å²) in [4.78, 5) is 12.1. The third kappa shape index (κ3) is 3.95. The van der Waals surface area contributed by atoms with Gasteiger partial charge in [-0.05, 0) is 53.8 Å². The molecular weight excluding hydrogens is 439 g/mol. The van der Waals surface area contributed by atoms with E-state index in [1.54, 1.807) is 24.3 Å². The van der Waals surface area contributed by atoms with Gasteiger partial charge in [-0.3, -0.25) is 4.79 Å². The van der Waals surface area contributed by atoms with Gasteiger partial charge in [-0.25, -0.2) is 5.43 Å². The van der Waals surface area contributed by atoms with Crippen LogP contribution < -0.4 is 19.6 Å². The Labute approximate surface area is 157 Å². The Morgan fingerprint density at radius 1 is 1.36 bits per heavy atom. The average Bonchev–Trinajstić information content (AvgIpc) is 3.04. The van der Waals surface area contributed by atoms with Crippen molar-refractivity contribution in [3.05, 3.63) is 45.0 Å². The lowest BCUT2D eigenvalue weighted by atomic mass is 10.2. The molecule has 1 heterocycles. The van der Waals surface area contributed by atoms with Crippen molar-refractivity contribution in [1.82, 2.24) is 5.43 Å². The summed E-state index contributed by atoms with van der Waals surface area (Å²) in [5.41, 5.74) is 3.38. The summed E-state index contributed by atoms with van der Waals surface area (Å²) in [6, 6.07) is 8.11. The summed E-state index contributed by atoms with van der Waals surface area (Å²) >= 11 is 1.98. The summed E-state index contributed by atoms with van der Waals surface area (Å²) in [5.74, 6) is 1.41. The lowest BCUT2D eigenvalue weighted by molar-refractivity contribution is 0.0954. The van der Waals surface area contributed by atoms with Crippen molar-refractivity contribution >= 4 is 34.7 Å². The number of halogens is 1. The van der Waals surface area contributed by atoms with Crippen LogP contribution >= 0.6 is 22.6 Å². The number of amides is 1. The van der Waals surface area contributed by atoms with Gasteiger partial charge < -0.3 is 19.3 Å². The van der Waals surface area contributed by atoms with E-state index in [9.17, 15) is 9.90 Å². The molecule has 130 valence electrons. The molecule has 0 radical (unpaired) electrons. The maximum absolute atomic E-state index is 12.1. The minimum Gasteiger partial charge on any atom is -0.507 e. The number of fused-ring (bicyclic) bond motifs is 1. The van der Waals surface area contributed by atoms with Gasteiger partial charge in [-0.2, -0.15) is 5.10 Å². The predicted octanol–water partition coefficient (Wildman–Crippen LogP) is 2.89. The van der Waals surface area contributed by atoms with Crippen LogP contribution in [-0.2, 0) is 0 Å². The minimum atomic E-state index is -0.429. The van der Waals surface area contributed by atoms with Crippen LogP contribution in [0, 0.1) is 3.57 Å². The van der Waals surface area contributed by atoms with Crippen molar-refractivity contribution < 1.29 is 24.1 Å². The van der Waals surface area contributed by atoms with Gasteiger partial charge in [0.2, 0.25) is 6.79 Å². The molecule has 2 N–H and O–H groups in total. The maximum Gasteiger partial charge on any atom is 0.271 e. The lowest BCUT2D eigenvalue weighted by Gasteiger charge is -2.08. The number of hydrazone groups is 1. The first-order valence-corrected chi connectivity index (χ1v) is 8.54. The van der Waals surface area contributed by atoms with E-state index in [2.05, 4.69) is 10.5 Å². The molecule has 1 aliphatic heterocycles. The molecule has 1 amide bonds. The molecule has 0 saturated carbocycles. The standard InChI is InChI=1S/C17H15IN2O5/c1-2-23-14-7-16-15(24-9-25-16)6-11(14)8-19-20-17(22)10-3-4-12(18)13(21)5-10/h3-8,21H,2,9H2,1H3,(H,20,22)/b19-8+. The number of nitrogens with zero attached hydrogens (tertiary/aromatic N) is 1. The molecule has 3 rings (SSSR count). The van der Waals surface area contributed by atoms with E-state index in [4.69, 9.17) is 14.2 Å². The van der Waals surface area contributed by atoms with Crippen LogP contribution in [0.5, 0.6) is 23.0 Å². The molecule has 8 heteroatoms. The van der Waals surface area contributed by atoms with Crippen molar-refractivity contribution in [2.45, 2.75) is 6.92 Å². The molecular formula is C17H15IN2O5. The third-order valence-corrected chi connectivity index (χ3v) is 4.30. The van der Waals surface area contributed by atoms with Gasteiger partial charge in [-0.1, -0.05) is 0 Å². The molecule has 2 aromatic rings. The fourth-order valence-corrected chi connectivity index (χ4v) is 2.53. The number of aromatic hydroxyl groups is 1. The smallest absolute Gasteiger partial charge is 0.271 e. The highest BCUT2D eigenvalue weighted by Gasteiger charge is 2.17. The Balaban J connectivity index is 1.75. The van der Waals surface area contributed by atoms with Crippen molar-refractivity contribution in [1.29, 1.82) is 0 Å². The van der Waals surface area contributed by atoms with Crippen molar-refractivity contribution in [3.63, 3.8) is 0 Å². The maximum atomic E-state index is 12.1. The molecule has 0 bridgehead atoms. The molecule has 1 aliphatic rings. The number of nitrogens with one attached hydrogen (secondary N) is 1. The Morgan fingerprint density at radius 2 is 2.12 bits per heavy atom. The largest absolute Gasteiger partial charge is 0.507 e. The number of phenols is 1. The van der Waals surface area contributed by atoms with Crippen molar-refractivity contribution in [3.8, 4) is 23.0 Å². The summed E-state index contributed by atoms with van der Waals surface area (Å²) in [5, 5.41) is 13.6. The SMILES string of the molecule is CCOc1cc2c(cc1/C=N/NC(=O)c1ccc(I)c(O)c1)OCO2. The number of rotatable bonds is 5. The minimum absolute atomic E-state index is 0.0478. The van der Waals surface area contributed by atoms with Crippen molar-refractivity contribution in [2.24, 2.45) is 5.10 Å². The van der Waals surface area contributed by atoms with Crippen LogP contribution in [0.4, 0.5) is 0 Å². The van der Waals surface area contributed by atoms with E-state index in [1.165, 1.54) is 12.3 Å². The Bertz CT molecular complexity index is 838. The van der Waals surface area contributed by atoms with Crippen molar-refractivity contribution in [2.75, 3.05) is 13.4 Å². The van der Waals surface area contributed by atoms with Gasteiger partial charge in [0.15, 0.2) is 11.5 Å². The van der Waals surface area contributed by atoms with Crippen LogP contribution in [0.25, 0.3) is 0 Å². The van der Waals surface area contributed by atoms with Gasteiger partial charge in [0.05, 0.1) is 16.4 Å². The molecule has 0 unspecified atom stereocenters. The molecule has 0 aromatic heterocycles. The van der Waals surface area contributed by atoms with Crippen LogP contribution in [0.2, 0.25) is 0 Å². The van der Waals surface area contributed by atoms with Gasteiger partial charge in [0, 0.05) is 17.2 Å². The van der Waals surface area contributed by atoms with Gasteiger partial charge >= 0.3 is 0 Å². The van der Waals surface area contributed by atoms with Crippen LogP contribution in [0.15, 0.2) is 35.4 Å². The molecule has 25 heavy (non-hydrogen) atoms. The number of hydrogen-bond acceptors (Lipinski definition) is 6. The van der Waals surface area contributed by atoms with Crippen LogP contribution in [-0.4, -0.2) is 30.6 Å². The molecule has 7 nitrogen and oxygen atoms in total. The fourth-order valence-electron chi connectivity index (χ4n) is 2.20. The second-order valence-electron chi connectivity index (χ2n) is 5.04. The first-order valence-electron chi connectivity index (χ1n) is 7.47. The second-order valence-corrected chi connectivity index (χ2v) is 6.20. The summed E-state index contributed by atoms with van der Waals surface area (Å²) in [6.07, 6.45) is 1.47. The average molecular weight is 454 g/mol. The predicted molar refractivity (Wildman–Crippen MR) is 99.6 cm³/mol. The molecule has 0 fully saturated rings. The number of phenolic OH excluding ortho intramolecular Hbond substituents is 1. The normalized spacial score (nSPS) is 12.4. The van der Waals surface area contributed by atoms with Crippen LogP contribution in [0.1, 0.15) is 22.8 Å². The highest BCUT2D eigenvalue weighted by Crippen LogP contribution is 2.37. The third-order valence-electron chi connectivity index (χ3n) is 3.38. The van der Waals surface area contributed by atoms with E-state index < -0.39 is 5.91 Å². The highest BCUT2D eigenvalue weighted by molar-refractivity contribution is 14.1. The molecule has 0 atom stereocenters. The first kappa shape index (κ1) is 17.3. The molecule has 0 aliphatic carbocycles. The second kappa shape index (κ2) is 7.60. The monoisotopic (exact) mass is 454 g/mol. The van der Waals surface area contributed by atoms with Gasteiger partial charge in [0.1, 0.15) is 11.5 Å². The number of carbonyl (C=O) groups excluding carboxylic acids is 1.